The Hall–Kier alpha value is -2.09. The van der Waals surface area contributed by atoms with Gasteiger partial charge in [0, 0.05) is 45.0 Å². The lowest BCUT2D eigenvalue weighted by atomic mass is 9.84. The second-order valence-electron chi connectivity index (χ2n) is 7.06. The van der Waals surface area contributed by atoms with Crippen LogP contribution in [0.5, 0.6) is 0 Å². The summed E-state index contributed by atoms with van der Waals surface area (Å²) in [4.78, 5) is 24.6. The van der Waals surface area contributed by atoms with Gasteiger partial charge in [0.05, 0.1) is 17.7 Å². The van der Waals surface area contributed by atoms with Gasteiger partial charge in [-0.25, -0.2) is 9.98 Å². The molecule has 2 aromatic heterocycles. The summed E-state index contributed by atoms with van der Waals surface area (Å²) < 4.78 is 2.01. The molecule has 26 heavy (non-hydrogen) atoms. The highest BCUT2D eigenvalue weighted by Crippen LogP contribution is 2.38. The monoisotopic (exact) mass is 376 g/mol. The van der Waals surface area contributed by atoms with Crippen molar-refractivity contribution in [1.82, 2.24) is 24.9 Å². The molecule has 2 N–H and O–H groups in total. The molecule has 0 unspecified atom stereocenters. The van der Waals surface area contributed by atoms with Gasteiger partial charge >= 0.3 is 0 Å². The van der Waals surface area contributed by atoms with E-state index in [1.54, 1.807) is 16.2 Å². The van der Waals surface area contributed by atoms with Gasteiger partial charge < -0.3 is 15.5 Å². The Kier molecular flexibility index (Phi) is 5.80. The average Bonchev–Trinajstić information content (AvgIpc) is 3.32. The van der Waals surface area contributed by atoms with Crippen LogP contribution in [0.2, 0.25) is 0 Å². The topological polar surface area (TPSA) is 74.0 Å². The van der Waals surface area contributed by atoms with Crippen molar-refractivity contribution in [3.63, 3.8) is 0 Å². The number of aliphatic imine (C=N–C) groups is 1. The van der Waals surface area contributed by atoms with E-state index in [2.05, 4.69) is 20.6 Å². The van der Waals surface area contributed by atoms with E-state index < -0.39 is 0 Å². The van der Waals surface area contributed by atoms with E-state index in [-0.39, 0.29) is 11.3 Å². The molecular formula is C18H28N6OS. The third-order valence-corrected chi connectivity index (χ3v) is 5.67. The van der Waals surface area contributed by atoms with Crippen molar-refractivity contribution in [3.05, 3.63) is 23.5 Å². The van der Waals surface area contributed by atoms with E-state index in [0.717, 1.165) is 48.8 Å². The Morgan fingerprint density at radius 2 is 2.15 bits per heavy atom. The molecule has 8 heteroatoms. The first-order chi connectivity index (χ1) is 12.5. The van der Waals surface area contributed by atoms with E-state index in [9.17, 15) is 4.79 Å². The van der Waals surface area contributed by atoms with Crippen molar-refractivity contribution in [2.24, 2.45) is 10.4 Å². The van der Waals surface area contributed by atoms with Crippen molar-refractivity contribution in [3.8, 4) is 0 Å². The summed E-state index contributed by atoms with van der Waals surface area (Å²) in [7, 11) is 3.68. The lowest BCUT2D eigenvalue weighted by Gasteiger charge is -2.31. The number of nitrogens with one attached hydrogen (secondary N) is 2. The second kappa shape index (κ2) is 8.07. The van der Waals surface area contributed by atoms with E-state index in [4.69, 9.17) is 0 Å². The minimum Gasteiger partial charge on any atom is -0.357 e. The molecule has 1 amide bonds. The largest absolute Gasteiger partial charge is 0.357 e. The Balaban J connectivity index is 1.67. The van der Waals surface area contributed by atoms with E-state index in [1.807, 2.05) is 43.2 Å². The first-order valence-electron chi connectivity index (χ1n) is 9.19. The van der Waals surface area contributed by atoms with Crippen LogP contribution in [-0.4, -0.2) is 53.3 Å². The van der Waals surface area contributed by atoms with Crippen LogP contribution < -0.4 is 10.6 Å². The number of amides is 1. The summed E-state index contributed by atoms with van der Waals surface area (Å²) in [5.41, 5.74) is 0.630. The first kappa shape index (κ1) is 18.7. The molecule has 1 aliphatic rings. The summed E-state index contributed by atoms with van der Waals surface area (Å²) in [6.07, 6.45) is 8.11. The summed E-state index contributed by atoms with van der Waals surface area (Å²) in [5.74, 6) is 0.953. The zero-order chi connectivity index (χ0) is 18.6. The van der Waals surface area contributed by atoms with Gasteiger partial charge in [0.2, 0.25) is 5.91 Å². The number of carbonyl (C=O) groups is 1. The van der Waals surface area contributed by atoms with Crippen molar-refractivity contribution in [2.75, 3.05) is 27.2 Å². The lowest BCUT2D eigenvalue weighted by Crippen LogP contribution is -2.49. The molecule has 142 valence electrons. The summed E-state index contributed by atoms with van der Waals surface area (Å²) in [6.45, 7) is 3.95. The fraction of sp³-hybridized carbons (Fsp3) is 0.611. The quantitative estimate of drug-likeness (QED) is 0.598. The molecule has 3 rings (SSSR count). The number of thiazole rings is 1. The van der Waals surface area contributed by atoms with Crippen LogP contribution in [0.25, 0.3) is 4.96 Å². The molecule has 0 radical (unpaired) electrons. The van der Waals surface area contributed by atoms with Gasteiger partial charge in [0.1, 0.15) is 0 Å². The summed E-state index contributed by atoms with van der Waals surface area (Å²) in [6, 6.07) is 0. The molecule has 1 fully saturated rings. The lowest BCUT2D eigenvalue weighted by molar-refractivity contribution is -0.138. The number of fused-ring (bicyclic) bond motifs is 1. The standard InChI is InChI=1S/C18H28N6OS/c1-4-19-16(20-11-14-12-24-9-10-26-17(24)22-14)21-13-18(7-5-6-8-18)15(25)23(2)3/h9-10,12H,4-8,11,13H2,1-3H3,(H2,19,20,21). The molecule has 0 aromatic carbocycles. The number of rotatable bonds is 6. The smallest absolute Gasteiger partial charge is 0.230 e. The van der Waals surface area contributed by atoms with Crippen molar-refractivity contribution in [2.45, 2.75) is 39.2 Å². The molecule has 0 aliphatic heterocycles. The number of aromatic nitrogens is 2. The van der Waals surface area contributed by atoms with Crippen molar-refractivity contribution >= 4 is 28.2 Å². The molecule has 0 spiro atoms. The highest BCUT2D eigenvalue weighted by Gasteiger charge is 2.42. The first-order valence-corrected chi connectivity index (χ1v) is 10.1. The molecule has 0 saturated heterocycles. The molecule has 2 heterocycles. The molecule has 2 aromatic rings. The highest BCUT2D eigenvalue weighted by molar-refractivity contribution is 7.15. The number of imidazole rings is 1. The summed E-state index contributed by atoms with van der Waals surface area (Å²) >= 11 is 1.62. The van der Waals surface area contributed by atoms with Crippen LogP contribution in [0.3, 0.4) is 0 Å². The number of guanidine groups is 1. The minimum absolute atomic E-state index is 0.215. The van der Waals surface area contributed by atoms with E-state index in [1.165, 1.54) is 0 Å². The predicted octanol–water partition coefficient (Wildman–Crippen LogP) is 2.10. The zero-order valence-electron chi connectivity index (χ0n) is 15.8. The van der Waals surface area contributed by atoms with Crippen LogP contribution >= 0.6 is 11.3 Å². The third kappa shape index (κ3) is 4.00. The van der Waals surface area contributed by atoms with Gasteiger partial charge in [0.25, 0.3) is 0 Å². The van der Waals surface area contributed by atoms with Crippen LogP contribution in [0.15, 0.2) is 22.8 Å². The molecule has 7 nitrogen and oxygen atoms in total. The van der Waals surface area contributed by atoms with Gasteiger partial charge in [-0.3, -0.25) is 9.20 Å². The molecular weight excluding hydrogens is 348 g/mol. The maximum Gasteiger partial charge on any atom is 0.230 e. The van der Waals surface area contributed by atoms with Crippen LogP contribution in [0, 0.1) is 5.41 Å². The normalized spacial score (nSPS) is 16.8. The number of nitrogens with zero attached hydrogens (tertiary/aromatic N) is 4. The Morgan fingerprint density at radius 1 is 1.38 bits per heavy atom. The minimum atomic E-state index is -0.309. The molecule has 0 bridgehead atoms. The Labute approximate surface area is 158 Å². The van der Waals surface area contributed by atoms with Crippen molar-refractivity contribution < 1.29 is 4.79 Å². The number of carbonyl (C=O) groups excluding carboxylic acids is 1. The van der Waals surface area contributed by atoms with Gasteiger partial charge in [-0.1, -0.05) is 12.8 Å². The van der Waals surface area contributed by atoms with Gasteiger partial charge in [-0.05, 0) is 19.8 Å². The predicted molar refractivity (Wildman–Crippen MR) is 105 cm³/mol. The Bertz CT molecular complexity index is 743. The molecule has 1 saturated carbocycles. The second-order valence-corrected chi connectivity index (χ2v) is 7.93. The number of hydrogen-bond donors (Lipinski definition) is 2. The fourth-order valence-corrected chi connectivity index (χ4v) is 4.32. The van der Waals surface area contributed by atoms with Crippen LogP contribution in [-0.2, 0) is 11.3 Å². The van der Waals surface area contributed by atoms with Gasteiger partial charge in [-0.15, -0.1) is 11.3 Å². The molecule has 0 atom stereocenters. The summed E-state index contributed by atoms with van der Waals surface area (Å²) in [5, 5.41) is 8.69. The zero-order valence-corrected chi connectivity index (χ0v) is 16.6. The number of hydrogen-bond acceptors (Lipinski definition) is 4. The third-order valence-electron chi connectivity index (χ3n) is 4.90. The van der Waals surface area contributed by atoms with Crippen LogP contribution in [0.1, 0.15) is 38.3 Å². The maximum atomic E-state index is 12.7. The highest BCUT2D eigenvalue weighted by atomic mass is 32.1. The average molecular weight is 377 g/mol. The van der Waals surface area contributed by atoms with Crippen LogP contribution in [0.4, 0.5) is 0 Å². The van der Waals surface area contributed by atoms with Gasteiger partial charge in [0.15, 0.2) is 10.9 Å². The maximum absolute atomic E-state index is 12.7. The Morgan fingerprint density at radius 3 is 2.81 bits per heavy atom. The SMILES string of the molecule is CCNC(=NCc1cn2ccsc2n1)NCC1(C(=O)N(C)C)CCCC1. The van der Waals surface area contributed by atoms with E-state index in [0.29, 0.717) is 13.1 Å². The molecule has 1 aliphatic carbocycles. The van der Waals surface area contributed by atoms with Gasteiger partial charge in [-0.2, -0.15) is 0 Å². The van der Waals surface area contributed by atoms with E-state index >= 15 is 0 Å². The van der Waals surface area contributed by atoms with Crippen molar-refractivity contribution in [1.29, 1.82) is 0 Å². The fourth-order valence-electron chi connectivity index (χ4n) is 3.60.